The maximum atomic E-state index is 12.7. The highest BCUT2D eigenvalue weighted by molar-refractivity contribution is 5.76. The van der Waals surface area contributed by atoms with Crippen LogP contribution in [0.2, 0.25) is 0 Å². The number of carbonyl (C=O) groups is 1. The molecule has 1 atom stereocenters. The van der Waals surface area contributed by atoms with Crippen molar-refractivity contribution >= 4 is 5.91 Å². The summed E-state index contributed by atoms with van der Waals surface area (Å²) >= 11 is 0. The molecule has 0 radical (unpaired) electrons. The van der Waals surface area contributed by atoms with Gasteiger partial charge in [-0.1, -0.05) is 44.2 Å². The van der Waals surface area contributed by atoms with Gasteiger partial charge < -0.3 is 4.90 Å². The molecule has 2 heterocycles. The van der Waals surface area contributed by atoms with E-state index in [1.54, 1.807) is 6.07 Å². The number of aryl methyl sites for hydroxylation is 1. The van der Waals surface area contributed by atoms with E-state index in [2.05, 4.69) is 31.1 Å². The fourth-order valence-corrected chi connectivity index (χ4v) is 3.46. The summed E-state index contributed by atoms with van der Waals surface area (Å²) < 4.78 is 1.25. The van der Waals surface area contributed by atoms with Gasteiger partial charge in [-0.3, -0.25) is 9.59 Å². The van der Waals surface area contributed by atoms with E-state index in [0.29, 0.717) is 19.0 Å². The van der Waals surface area contributed by atoms with Gasteiger partial charge in [-0.25, -0.2) is 4.68 Å². The first-order valence-corrected chi connectivity index (χ1v) is 8.24. The van der Waals surface area contributed by atoms with Gasteiger partial charge in [-0.05, 0) is 24.0 Å². The van der Waals surface area contributed by atoms with Crippen LogP contribution in [-0.4, -0.2) is 33.7 Å². The molecular formula is C19H23N3O2. The van der Waals surface area contributed by atoms with Gasteiger partial charge >= 0.3 is 0 Å². The van der Waals surface area contributed by atoms with Gasteiger partial charge in [0.2, 0.25) is 5.91 Å². The molecule has 1 aromatic heterocycles. The van der Waals surface area contributed by atoms with Crippen molar-refractivity contribution in [2.75, 3.05) is 13.1 Å². The number of amides is 1. The number of hydrogen-bond acceptors (Lipinski definition) is 3. The smallest absolute Gasteiger partial charge is 0.267 e. The van der Waals surface area contributed by atoms with E-state index in [-0.39, 0.29) is 23.4 Å². The second-order valence-corrected chi connectivity index (χ2v) is 7.20. The van der Waals surface area contributed by atoms with Crippen molar-refractivity contribution < 1.29 is 4.79 Å². The zero-order chi connectivity index (χ0) is 17.3. The first-order valence-electron chi connectivity index (χ1n) is 8.24. The minimum Gasteiger partial charge on any atom is -0.340 e. The van der Waals surface area contributed by atoms with Crippen LogP contribution in [0.1, 0.15) is 31.0 Å². The third-order valence-electron chi connectivity index (χ3n) is 4.78. The first kappa shape index (κ1) is 16.4. The summed E-state index contributed by atoms with van der Waals surface area (Å²) in [4.78, 5) is 26.4. The molecular weight excluding hydrogens is 302 g/mol. The number of carbonyl (C=O) groups excluding carboxylic acids is 1. The van der Waals surface area contributed by atoms with Gasteiger partial charge in [-0.15, -0.1) is 0 Å². The normalized spacial score (nSPS) is 19.5. The standard InChI is InChI=1S/C19H23N3O2/c1-14-9-10-17(23)22(20-14)12-18(24)21-11-16(19(2,3)13-21)15-7-5-4-6-8-15/h4-10,16H,11-13H2,1-3H3/t16-/m1/s1. The molecule has 1 aromatic carbocycles. The van der Waals surface area contributed by atoms with Crippen molar-refractivity contribution in [2.24, 2.45) is 5.41 Å². The molecule has 0 N–H and O–H groups in total. The SMILES string of the molecule is Cc1ccc(=O)n(CC(=O)N2C[C@H](c3ccccc3)C(C)(C)C2)n1. The van der Waals surface area contributed by atoms with Crippen LogP contribution in [0.3, 0.4) is 0 Å². The Hall–Kier alpha value is -2.43. The predicted molar refractivity (Wildman–Crippen MR) is 92.8 cm³/mol. The Kier molecular flexibility index (Phi) is 4.26. The van der Waals surface area contributed by atoms with Crippen LogP contribution in [-0.2, 0) is 11.3 Å². The fraction of sp³-hybridized carbons (Fsp3) is 0.421. The van der Waals surface area contributed by atoms with Gasteiger partial charge in [-0.2, -0.15) is 5.10 Å². The minimum absolute atomic E-state index is 0.00188. The molecule has 5 heteroatoms. The molecule has 5 nitrogen and oxygen atoms in total. The number of hydrogen-bond donors (Lipinski definition) is 0. The minimum atomic E-state index is -0.244. The average molecular weight is 325 g/mol. The molecule has 1 saturated heterocycles. The molecule has 0 aliphatic carbocycles. The molecule has 3 rings (SSSR count). The Morgan fingerprint density at radius 3 is 2.62 bits per heavy atom. The maximum absolute atomic E-state index is 12.7. The zero-order valence-corrected chi connectivity index (χ0v) is 14.4. The van der Waals surface area contributed by atoms with Gasteiger partial charge in [0.05, 0.1) is 5.69 Å². The number of aromatic nitrogens is 2. The van der Waals surface area contributed by atoms with Gasteiger partial charge in [0.25, 0.3) is 5.56 Å². The van der Waals surface area contributed by atoms with E-state index < -0.39 is 0 Å². The highest BCUT2D eigenvalue weighted by Crippen LogP contribution is 2.42. The lowest BCUT2D eigenvalue weighted by molar-refractivity contribution is -0.131. The Bertz CT molecular complexity index is 796. The summed E-state index contributed by atoms with van der Waals surface area (Å²) in [7, 11) is 0. The van der Waals surface area contributed by atoms with Crippen molar-refractivity contribution in [1.29, 1.82) is 0 Å². The molecule has 0 saturated carbocycles. The van der Waals surface area contributed by atoms with Crippen LogP contribution >= 0.6 is 0 Å². The molecule has 1 aliphatic heterocycles. The summed E-state index contributed by atoms with van der Waals surface area (Å²) in [6.45, 7) is 7.55. The Morgan fingerprint density at radius 2 is 1.92 bits per heavy atom. The van der Waals surface area contributed by atoms with E-state index in [1.165, 1.54) is 16.3 Å². The van der Waals surface area contributed by atoms with Crippen molar-refractivity contribution in [3.63, 3.8) is 0 Å². The monoisotopic (exact) mass is 325 g/mol. The zero-order valence-electron chi connectivity index (χ0n) is 14.4. The highest BCUT2D eigenvalue weighted by atomic mass is 16.2. The Balaban J connectivity index is 1.77. The number of likely N-dealkylation sites (tertiary alicyclic amines) is 1. The molecule has 126 valence electrons. The predicted octanol–water partition coefficient (Wildman–Crippen LogP) is 2.20. The average Bonchev–Trinajstić information content (AvgIpc) is 2.87. The van der Waals surface area contributed by atoms with Gasteiger partial charge in [0.1, 0.15) is 6.54 Å². The lowest BCUT2D eigenvalue weighted by atomic mass is 9.78. The highest BCUT2D eigenvalue weighted by Gasteiger charge is 2.41. The largest absolute Gasteiger partial charge is 0.340 e. The third-order valence-corrected chi connectivity index (χ3v) is 4.78. The van der Waals surface area contributed by atoms with E-state index in [9.17, 15) is 9.59 Å². The first-order chi connectivity index (χ1) is 11.4. The number of benzene rings is 1. The van der Waals surface area contributed by atoms with Gasteiger partial charge in [0.15, 0.2) is 0 Å². The molecule has 0 bridgehead atoms. The van der Waals surface area contributed by atoms with Gasteiger partial charge in [0, 0.05) is 25.1 Å². The van der Waals surface area contributed by atoms with Crippen molar-refractivity contribution in [1.82, 2.24) is 14.7 Å². The summed E-state index contributed by atoms with van der Waals surface area (Å²) in [5.41, 5.74) is 1.74. The van der Waals surface area contributed by atoms with E-state index in [4.69, 9.17) is 0 Å². The number of nitrogens with zero attached hydrogens (tertiary/aromatic N) is 3. The van der Waals surface area contributed by atoms with Crippen LogP contribution in [0.4, 0.5) is 0 Å². The van der Waals surface area contributed by atoms with E-state index in [0.717, 1.165) is 5.69 Å². The van der Waals surface area contributed by atoms with Crippen LogP contribution < -0.4 is 5.56 Å². The third kappa shape index (κ3) is 3.25. The lowest BCUT2D eigenvalue weighted by Gasteiger charge is -2.25. The van der Waals surface area contributed by atoms with Crippen LogP contribution in [0, 0.1) is 12.3 Å². The van der Waals surface area contributed by atoms with E-state index in [1.807, 2.05) is 30.0 Å². The lowest BCUT2D eigenvalue weighted by Crippen LogP contribution is -2.36. The van der Waals surface area contributed by atoms with Crippen molar-refractivity contribution in [2.45, 2.75) is 33.2 Å². The van der Waals surface area contributed by atoms with Crippen LogP contribution in [0.25, 0.3) is 0 Å². The Morgan fingerprint density at radius 1 is 1.21 bits per heavy atom. The molecule has 1 fully saturated rings. The summed E-state index contributed by atoms with van der Waals surface area (Å²) in [5.74, 6) is 0.242. The van der Waals surface area contributed by atoms with Crippen molar-refractivity contribution in [3.05, 3.63) is 64.1 Å². The maximum Gasteiger partial charge on any atom is 0.267 e. The summed E-state index contributed by atoms with van der Waals surface area (Å²) in [6, 6.07) is 13.4. The summed E-state index contributed by atoms with van der Waals surface area (Å²) in [6.07, 6.45) is 0. The molecule has 0 spiro atoms. The van der Waals surface area contributed by atoms with Crippen LogP contribution in [0.15, 0.2) is 47.3 Å². The number of rotatable bonds is 3. The molecule has 0 unspecified atom stereocenters. The van der Waals surface area contributed by atoms with E-state index >= 15 is 0 Å². The van der Waals surface area contributed by atoms with Crippen molar-refractivity contribution in [3.8, 4) is 0 Å². The molecule has 1 aliphatic rings. The topological polar surface area (TPSA) is 55.2 Å². The molecule has 24 heavy (non-hydrogen) atoms. The second kappa shape index (κ2) is 6.23. The molecule has 2 aromatic rings. The summed E-state index contributed by atoms with van der Waals surface area (Å²) in [5, 5.41) is 4.15. The van der Waals surface area contributed by atoms with Crippen LogP contribution in [0.5, 0.6) is 0 Å². The second-order valence-electron chi connectivity index (χ2n) is 7.20. The quantitative estimate of drug-likeness (QED) is 0.869. The molecule has 1 amide bonds. The Labute approximate surface area is 141 Å². The fourth-order valence-electron chi connectivity index (χ4n) is 3.46.